The van der Waals surface area contributed by atoms with Crippen LogP contribution in [0.25, 0.3) is 10.9 Å². The highest BCUT2D eigenvalue weighted by molar-refractivity contribution is 9.10. The molecule has 0 aliphatic carbocycles. The molecule has 0 amide bonds. The molecular weight excluding hydrogens is 336 g/mol. The van der Waals surface area contributed by atoms with Crippen molar-refractivity contribution in [2.75, 3.05) is 0 Å². The maximum Gasteiger partial charge on any atom is 0.0851 e. The van der Waals surface area contributed by atoms with Gasteiger partial charge < -0.3 is 0 Å². The van der Waals surface area contributed by atoms with E-state index >= 15 is 0 Å². The molecule has 1 heterocycles. The molecule has 0 aliphatic rings. The van der Waals surface area contributed by atoms with Gasteiger partial charge in [0, 0.05) is 9.86 Å². The highest BCUT2D eigenvalue weighted by Gasteiger charge is 2.05. The molecular formula is C19H17BrN2. The lowest BCUT2D eigenvalue weighted by atomic mass is 10.1. The predicted molar refractivity (Wildman–Crippen MR) is 97.1 cm³/mol. The van der Waals surface area contributed by atoms with Crippen molar-refractivity contribution in [3.8, 4) is 0 Å². The van der Waals surface area contributed by atoms with Gasteiger partial charge in [-0.15, -0.1) is 0 Å². The van der Waals surface area contributed by atoms with E-state index in [1.807, 2.05) is 31.2 Å². The smallest absolute Gasteiger partial charge is 0.0851 e. The van der Waals surface area contributed by atoms with Crippen molar-refractivity contribution in [1.82, 2.24) is 4.98 Å². The third kappa shape index (κ3) is 2.95. The molecule has 3 aromatic rings. The summed E-state index contributed by atoms with van der Waals surface area (Å²) in [6, 6.07) is 18.5. The summed E-state index contributed by atoms with van der Waals surface area (Å²) in [4.78, 5) is 9.52. The first kappa shape index (κ1) is 14.9. The predicted octanol–water partition coefficient (Wildman–Crippen LogP) is 5.70. The Morgan fingerprint density at radius 2 is 1.86 bits per heavy atom. The zero-order valence-corrected chi connectivity index (χ0v) is 14.3. The van der Waals surface area contributed by atoms with Gasteiger partial charge in [0.1, 0.15) is 0 Å². The van der Waals surface area contributed by atoms with Crippen LogP contribution in [0, 0.1) is 0 Å². The third-order valence-corrected chi connectivity index (χ3v) is 4.34. The van der Waals surface area contributed by atoms with Crippen LogP contribution in [0.2, 0.25) is 0 Å². The first-order chi connectivity index (χ1) is 10.7. The Labute approximate surface area is 139 Å². The average molecular weight is 353 g/mol. The fraction of sp³-hybridized carbons (Fsp3) is 0.158. The first-order valence-electron chi connectivity index (χ1n) is 7.38. The number of nitrogens with zero attached hydrogens (tertiary/aromatic N) is 2. The molecule has 110 valence electrons. The molecule has 0 fully saturated rings. The molecule has 0 saturated heterocycles. The summed E-state index contributed by atoms with van der Waals surface area (Å²) in [6.07, 6.45) is 0.976. The summed E-state index contributed by atoms with van der Waals surface area (Å²) in [7, 11) is 0. The number of rotatable bonds is 3. The van der Waals surface area contributed by atoms with Crippen molar-refractivity contribution in [2.24, 2.45) is 4.99 Å². The maximum absolute atomic E-state index is 4.78. The van der Waals surface area contributed by atoms with Crippen LogP contribution in [0.1, 0.15) is 25.1 Å². The van der Waals surface area contributed by atoms with Gasteiger partial charge in [0.05, 0.1) is 22.6 Å². The van der Waals surface area contributed by atoms with Crippen molar-refractivity contribution >= 4 is 38.2 Å². The Morgan fingerprint density at radius 1 is 1.05 bits per heavy atom. The van der Waals surface area contributed by atoms with Gasteiger partial charge in [0.2, 0.25) is 0 Å². The zero-order valence-electron chi connectivity index (χ0n) is 12.7. The number of benzene rings is 2. The Kier molecular flexibility index (Phi) is 4.34. The third-order valence-electron chi connectivity index (χ3n) is 3.70. The van der Waals surface area contributed by atoms with Gasteiger partial charge in [-0.05, 0) is 53.0 Å². The normalized spacial score (nSPS) is 11.9. The zero-order chi connectivity index (χ0) is 15.5. The molecule has 0 unspecified atom stereocenters. The van der Waals surface area contributed by atoms with E-state index in [4.69, 9.17) is 9.98 Å². The highest BCUT2D eigenvalue weighted by atomic mass is 79.9. The van der Waals surface area contributed by atoms with Crippen LogP contribution < -0.4 is 0 Å². The Morgan fingerprint density at radius 3 is 2.68 bits per heavy atom. The van der Waals surface area contributed by atoms with E-state index < -0.39 is 0 Å². The topological polar surface area (TPSA) is 25.2 Å². The van der Waals surface area contributed by atoms with Crippen LogP contribution in [0.15, 0.2) is 64.1 Å². The number of halogens is 1. The van der Waals surface area contributed by atoms with Crippen LogP contribution in [0.5, 0.6) is 0 Å². The minimum absolute atomic E-state index is 0.908. The second-order valence-corrected chi connectivity index (χ2v) is 6.04. The number of hydrogen-bond acceptors (Lipinski definition) is 2. The fourth-order valence-corrected chi connectivity index (χ4v) is 2.94. The Balaban J connectivity index is 2.06. The SMILES string of the molecule is CCc1ccccc1N=C(C)c1ccc2cccc(Br)c2n1. The molecule has 22 heavy (non-hydrogen) atoms. The molecule has 0 spiro atoms. The van der Waals surface area contributed by atoms with Crippen LogP contribution >= 0.6 is 15.9 Å². The largest absolute Gasteiger partial charge is 0.251 e. The van der Waals surface area contributed by atoms with Gasteiger partial charge in [-0.2, -0.15) is 0 Å². The number of para-hydroxylation sites is 2. The summed E-state index contributed by atoms with van der Waals surface area (Å²) in [6.45, 7) is 4.16. The molecule has 0 saturated carbocycles. The van der Waals surface area contributed by atoms with Crippen molar-refractivity contribution in [3.05, 3.63) is 70.3 Å². The monoisotopic (exact) mass is 352 g/mol. The molecule has 2 nitrogen and oxygen atoms in total. The Bertz CT molecular complexity index is 853. The quantitative estimate of drug-likeness (QED) is 0.555. The lowest BCUT2D eigenvalue weighted by Crippen LogP contribution is -1.99. The lowest BCUT2D eigenvalue weighted by Gasteiger charge is -2.06. The van der Waals surface area contributed by atoms with Crippen LogP contribution in [-0.4, -0.2) is 10.7 Å². The molecule has 0 atom stereocenters. The Hall–Kier alpha value is -2.00. The minimum Gasteiger partial charge on any atom is -0.251 e. The van der Waals surface area contributed by atoms with E-state index in [9.17, 15) is 0 Å². The van der Waals surface area contributed by atoms with E-state index in [2.05, 4.69) is 53.2 Å². The highest BCUT2D eigenvalue weighted by Crippen LogP contribution is 2.24. The summed E-state index contributed by atoms with van der Waals surface area (Å²) >= 11 is 3.57. The first-order valence-corrected chi connectivity index (χ1v) is 8.17. The second kappa shape index (κ2) is 6.41. The average Bonchev–Trinajstić information content (AvgIpc) is 2.55. The van der Waals surface area contributed by atoms with Crippen molar-refractivity contribution in [2.45, 2.75) is 20.3 Å². The molecule has 1 aromatic heterocycles. The van der Waals surface area contributed by atoms with E-state index in [0.717, 1.165) is 38.9 Å². The van der Waals surface area contributed by atoms with E-state index in [-0.39, 0.29) is 0 Å². The van der Waals surface area contributed by atoms with Gasteiger partial charge in [0.25, 0.3) is 0 Å². The van der Waals surface area contributed by atoms with E-state index in [1.54, 1.807) is 0 Å². The summed E-state index contributed by atoms with van der Waals surface area (Å²) in [5.74, 6) is 0. The minimum atomic E-state index is 0.908. The molecule has 3 rings (SSSR count). The van der Waals surface area contributed by atoms with Crippen LogP contribution in [0.3, 0.4) is 0 Å². The number of pyridine rings is 1. The standard InChI is InChI=1S/C19H17BrN2/c1-3-14-7-4-5-10-18(14)21-13(2)17-12-11-15-8-6-9-16(20)19(15)22-17/h4-12H,3H2,1-2H3. The van der Waals surface area contributed by atoms with E-state index in [0.29, 0.717) is 0 Å². The summed E-state index contributed by atoms with van der Waals surface area (Å²) in [5, 5.41) is 1.12. The summed E-state index contributed by atoms with van der Waals surface area (Å²) < 4.78 is 1.01. The van der Waals surface area contributed by atoms with Crippen molar-refractivity contribution < 1.29 is 0 Å². The van der Waals surface area contributed by atoms with Crippen molar-refractivity contribution in [1.29, 1.82) is 0 Å². The number of fused-ring (bicyclic) bond motifs is 1. The van der Waals surface area contributed by atoms with Gasteiger partial charge in [-0.25, -0.2) is 4.98 Å². The number of aromatic nitrogens is 1. The van der Waals surface area contributed by atoms with Crippen molar-refractivity contribution in [3.63, 3.8) is 0 Å². The van der Waals surface area contributed by atoms with Gasteiger partial charge in [-0.1, -0.05) is 43.3 Å². The van der Waals surface area contributed by atoms with Gasteiger partial charge in [-0.3, -0.25) is 4.99 Å². The molecule has 0 radical (unpaired) electrons. The van der Waals surface area contributed by atoms with Gasteiger partial charge in [0.15, 0.2) is 0 Å². The number of hydrogen-bond donors (Lipinski definition) is 0. The second-order valence-electron chi connectivity index (χ2n) is 5.19. The number of aryl methyl sites for hydroxylation is 1. The molecule has 0 N–H and O–H groups in total. The number of aliphatic imine (C=N–C) groups is 1. The van der Waals surface area contributed by atoms with Crippen LogP contribution in [0.4, 0.5) is 5.69 Å². The lowest BCUT2D eigenvalue weighted by molar-refractivity contribution is 1.13. The molecule has 3 heteroatoms. The molecule has 0 bridgehead atoms. The maximum atomic E-state index is 4.78. The summed E-state index contributed by atoms with van der Waals surface area (Å²) in [5.41, 5.74) is 5.09. The van der Waals surface area contributed by atoms with E-state index in [1.165, 1.54) is 5.56 Å². The molecule has 2 aromatic carbocycles. The molecule has 0 aliphatic heterocycles. The van der Waals surface area contributed by atoms with Crippen LogP contribution in [-0.2, 0) is 6.42 Å². The fourth-order valence-electron chi connectivity index (χ4n) is 2.47. The van der Waals surface area contributed by atoms with Gasteiger partial charge >= 0.3 is 0 Å².